The van der Waals surface area contributed by atoms with Crippen molar-refractivity contribution in [3.8, 4) is 28.9 Å². The highest BCUT2D eigenvalue weighted by atomic mass is 19.4. The van der Waals surface area contributed by atoms with Crippen LogP contribution in [0, 0.1) is 6.92 Å². The fourth-order valence-corrected chi connectivity index (χ4v) is 2.92. The van der Waals surface area contributed by atoms with Crippen LogP contribution in [0.2, 0.25) is 0 Å². The van der Waals surface area contributed by atoms with Crippen molar-refractivity contribution in [2.24, 2.45) is 0 Å². The Hall–Kier alpha value is -3.90. The van der Waals surface area contributed by atoms with Gasteiger partial charge in [0.05, 0.1) is 12.1 Å². The molecular formula is C20H13F6N5O2. The minimum absolute atomic E-state index is 0.0322. The molecular weight excluding hydrogens is 456 g/mol. The second-order valence-corrected chi connectivity index (χ2v) is 6.83. The lowest BCUT2D eigenvalue weighted by atomic mass is 10.1. The molecule has 2 aromatic carbocycles. The zero-order valence-corrected chi connectivity index (χ0v) is 16.6. The van der Waals surface area contributed by atoms with E-state index in [0.717, 1.165) is 24.3 Å². The van der Waals surface area contributed by atoms with E-state index >= 15 is 0 Å². The van der Waals surface area contributed by atoms with Crippen molar-refractivity contribution in [2.45, 2.75) is 26.0 Å². The Bertz CT molecular complexity index is 1260. The van der Waals surface area contributed by atoms with Crippen molar-refractivity contribution in [1.29, 1.82) is 0 Å². The average molecular weight is 469 g/mol. The van der Waals surface area contributed by atoms with Crippen LogP contribution in [0.4, 0.5) is 26.3 Å². The maximum Gasteiger partial charge on any atom is 0.573 e. The van der Waals surface area contributed by atoms with Crippen molar-refractivity contribution in [3.63, 3.8) is 0 Å². The number of benzene rings is 2. The second-order valence-electron chi connectivity index (χ2n) is 6.83. The molecule has 0 saturated carbocycles. The van der Waals surface area contributed by atoms with E-state index in [9.17, 15) is 26.3 Å². The first-order chi connectivity index (χ1) is 15.5. The van der Waals surface area contributed by atoms with Crippen LogP contribution in [0.15, 0.2) is 53.1 Å². The summed E-state index contributed by atoms with van der Waals surface area (Å²) < 4.78 is 85.9. The predicted octanol–water partition coefficient (Wildman–Crippen LogP) is 5.27. The summed E-state index contributed by atoms with van der Waals surface area (Å²) in [6, 6.07) is 9.69. The van der Waals surface area contributed by atoms with Crippen LogP contribution in [-0.4, -0.2) is 31.3 Å². The zero-order chi connectivity index (χ0) is 23.8. The molecule has 0 bridgehead atoms. The summed E-state index contributed by atoms with van der Waals surface area (Å²) in [5.74, 6) is 0.0635. The third-order valence-corrected chi connectivity index (χ3v) is 4.41. The first-order valence-corrected chi connectivity index (χ1v) is 9.26. The van der Waals surface area contributed by atoms with E-state index in [1.807, 2.05) is 0 Å². The fraction of sp³-hybridized carbons (Fsp3) is 0.200. The van der Waals surface area contributed by atoms with Crippen LogP contribution < -0.4 is 4.74 Å². The summed E-state index contributed by atoms with van der Waals surface area (Å²) in [7, 11) is 0. The topological polar surface area (TPSA) is 78.9 Å². The molecule has 0 amide bonds. The van der Waals surface area contributed by atoms with Gasteiger partial charge in [-0.1, -0.05) is 17.3 Å². The van der Waals surface area contributed by atoms with Gasteiger partial charge in [0.1, 0.15) is 11.6 Å². The van der Waals surface area contributed by atoms with Gasteiger partial charge in [-0.15, -0.1) is 18.3 Å². The average Bonchev–Trinajstić information content (AvgIpc) is 3.34. The SMILES string of the molecule is Cc1nc(-c2nc(-c3ccc(OC(F)(F)F)cc3)no2)nn1Cc1cccc(C(F)(F)F)c1. The summed E-state index contributed by atoms with van der Waals surface area (Å²) in [6.07, 6.45) is -9.27. The molecule has 0 fully saturated rings. The Morgan fingerprint density at radius 3 is 2.33 bits per heavy atom. The lowest BCUT2D eigenvalue weighted by Gasteiger charge is -2.09. The summed E-state index contributed by atoms with van der Waals surface area (Å²) in [5, 5.41) is 7.98. The summed E-state index contributed by atoms with van der Waals surface area (Å²) in [5.41, 5.74) is -0.0393. The highest BCUT2D eigenvalue weighted by Crippen LogP contribution is 2.30. The second kappa shape index (κ2) is 8.22. The molecule has 2 aromatic heterocycles. The molecule has 0 atom stereocenters. The number of nitrogens with zero attached hydrogens (tertiary/aromatic N) is 5. The van der Waals surface area contributed by atoms with E-state index in [0.29, 0.717) is 17.0 Å². The molecule has 33 heavy (non-hydrogen) atoms. The van der Waals surface area contributed by atoms with Crippen molar-refractivity contribution in [3.05, 3.63) is 65.5 Å². The highest BCUT2D eigenvalue weighted by molar-refractivity contribution is 5.57. The van der Waals surface area contributed by atoms with Gasteiger partial charge in [0.25, 0.3) is 5.89 Å². The van der Waals surface area contributed by atoms with Crippen molar-refractivity contribution >= 4 is 0 Å². The number of hydrogen-bond donors (Lipinski definition) is 0. The summed E-state index contributed by atoms with van der Waals surface area (Å²) >= 11 is 0. The molecule has 2 heterocycles. The molecule has 0 aliphatic rings. The molecule has 0 aliphatic carbocycles. The third kappa shape index (κ3) is 5.30. The van der Waals surface area contributed by atoms with Gasteiger partial charge in [-0.3, -0.25) is 0 Å². The molecule has 0 radical (unpaired) electrons. The molecule has 4 rings (SSSR count). The van der Waals surface area contributed by atoms with Gasteiger partial charge in [-0.25, -0.2) is 9.67 Å². The highest BCUT2D eigenvalue weighted by Gasteiger charge is 2.31. The van der Waals surface area contributed by atoms with Crippen molar-refractivity contribution in [2.75, 3.05) is 0 Å². The fourth-order valence-electron chi connectivity index (χ4n) is 2.92. The van der Waals surface area contributed by atoms with Gasteiger partial charge < -0.3 is 9.26 Å². The van der Waals surface area contributed by atoms with E-state index in [2.05, 4.69) is 25.0 Å². The molecule has 7 nitrogen and oxygen atoms in total. The van der Waals surface area contributed by atoms with Crippen molar-refractivity contribution < 1.29 is 35.6 Å². The van der Waals surface area contributed by atoms with Gasteiger partial charge in [-0.05, 0) is 48.9 Å². The van der Waals surface area contributed by atoms with E-state index in [1.54, 1.807) is 6.92 Å². The molecule has 172 valence electrons. The first kappa shape index (κ1) is 22.3. The maximum absolute atomic E-state index is 12.9. The van der Waals surface area contributed by atoms with Crippen LogP contribution >= 0.6 is 0 Å². The number of ether oxygens (including phenoxy) is 1. The van der Waals surface area contributed by atoms with Crippen LogP contribution in [0.1, 0.15) is 17.0 Å². The molecule has 0 N–H and O–H groups in total. The van der Waals surface area contributed by atoms with Gasteiger partial charge >= 0.3 is 12.5 Å². The van der Waals surface area contributed by atoms with E-state index < -0.39 is 23.9 Å². The monoisotopic (exact) mass is 469 g/mol. The Morgan fingerprint density at radius 1 is 0.939 bits per heavy atom. The zero-order valence-electron chi connectivity index (χ0n) is 16.6. The third-order valence-electron chi connectivity index (χ3n) is 4.41. The summed E-state index contributed by atoms with van der Waals surface area (Å²) in [6.45, 7) is 1.64. The van der Waals surface area contributed by atoms with Crippen LogP contribution in [0.5, 0.6) is 5.75 Å². The standard InChI is InChI=1S/C20H13F6N5O2/c1-11-27-17(29-31(11)10-12-3-2-4-14(9-12)19(21,22)23)18-28-16(30-33-18)13-5-7-15(8-6-13)32-20(24,25)26/h2-9H,10H2,1H3. The van der Waals surface area contributed by atoms with Gasteiger partial charge in [0, 0.05) is 5.56 Å². The quantitative estimate of drug-likeness (QED) is 0.371. The lowest BCUT2D eigenvalue weighted by molar-refractivity contribution is -0.274. The van der Waals surface area contributed by atoms with Crippen LogP contribution in [0.3, 0.4) is 0 Å². The van der Waals surface area contributed by atoms with Gasteiger partial charge in [0.2, 0.25) is 11.6 Å². The predicted molar refractivity (Wildman–Crippen MR) is 101 cm³/mol. The first-order valence-electron chi connectivity index (χ1n) is 9.26. The Labute approximate surface area is 181 Å². The summed E-state index contributed by atoms with van der Waals surface area (Å²) in [4.78, 5) is 8.33. The van der Waals surface area contributed by atoms with Gasteiger partial charge in [0.15, 0.2) is 0 Å². The molecule has 0 saturated heterocycles. The van der Waals surface area contributed by atoms with Crippen molar-refractivity contribution in [1.82, 2.24) is 24.9 Å². The maximum atomic E-state index is 12.9. The van der Waals surface area contributed by atoms with E-state index in [4.69, 9.17) is 4.52 Å². The van der Waals surface area contributed by atoms with Gasteiger partial charge in [-0.2, -0.15) is 18.2 Å². The molecule has 4 aromatic rings. The number of aryl methyl sites for hydroxylation is 1. The smallest absolute Gasteiger partial charge is 0.406 e. The van der Waals surface area contributed by atoms with E-state index in [-0.39, 0.29) is 24.1 Å². The van der Waals surface area contributed by atoms with Crippen LogP contribution in [0.25, 0.3) is 23.1 Å². The van der Waals surface area contributed by atoms with E-state index in [1.165, 1.54) is 28.9 Å². The lowest BCUT2D eigenvalue weighted by Crippen LogP contribution is -2.16. The Kier molecular flexibility index (Phi) is 5.56. The Morgan fingerprint density at radius 2 is 1.67 bits per heavy atom. The number of hydrogen-bond acceptors (Lipinski definition) is 6. The van der Waals surface area contributed by atoms with Crippen LogP contribution in [-0.2, 0) is 12.7 Å². The molecule has 0 aliphatic heterocycles. The largest absolute Gasteiger partial charge is 0.573 e. The number of alkyl halides is 6. The minimum atomic E-state index is -4.81. The minimum Gasteiger partial charge on any atom is -0.406 e. The number of aromatic nitrogens is 5. The molecule has 13 heteroatoms. The Balaban J connectivity index is 1.52. The molecule has 0 unspecified atom stereocenters. The normalized spacial score (nSPS) is 12.2. The number of halogens is 6. The molecule has 0 spiro atoms. The number of rotatable bonds is 5.